The Labute approximate surface area is 127 Å². The summed E-state index contributed by atoms with van der Waals surface area (Å²) in [6.07, 6.45) is 2.12. The molecular formula is C19H25NO. The number of hydrogen-bond donors (Lipinski definition) is 2. The quantitative estimate of drug-likeness (QED) is 0.832. The normalized spacial score (nSPS) is 11.6. The van der Waals surface area contributed by atoms with Crippen LogP contribution in [0.3, 0.4) is 0 Å². The maximum absolute atomic E-state index is 9.90. The van der Waals surface area contributed by atoms with Gasteiger partial charge in [-0.05, 0) is 45.2 Å². The summed E-state index contributed by atoms with van der Waals surface area (Å²) >= 11 is 0. The van der Waals surface area contributed by atoms with Crippen molar-refractivity contribution >= 4 is 0 Å². The van der Waals surface area contributed by atoms with Crippen LogP contribution in [-0.4, -0.2) is 10.6 Å². The molecule has 0 saturated heterocycles. The summed E-state index contributed by atoms with van der Waals surface area (Å²) in [5, 5.41) is 13.5. The van der Waals surface area contributed by atoms with Gasteiger partial charge in [-0.2, -0.15) is 0 Å². The summed E-state index contributed by atoms with van der Waals surface area (Å²) < 4.78 is 0. The van der Waals surface area contributed by atoms with Gasteiger partial charge >= 0.3 is 0 Å². The van der Waals surface area contributed by atoms with Crippen molar-refractivity contribution in [3.63, 3.8) is 0 Å². The lowest BCUT2D eigenvalue weighted by atomic mass is 9.95. The van der Waals surface area contributed by atoms with E-state index in [0.29, 0.717) is 12.3 Å². The summed E-state index contributed by atoms with van der Waals surface area (Å²) in [6.45, 7) is 7.16. The fraction of sp³-hybridized carbons (Fsp3) is 0.368. The van der Waals surface area contributed by atoms with Crippen LogP contribution in [0.25, 0.3) is 0 Å². The van der Waals surface area contributed by atoms with E-state index < -0.39 is 0 Å². The van der Waals surface area contributed by atoms with Gasteiger partial charge in [-0.3, -0.25) is 0 Å². The third-order valence-electron chi connectivity index (χ3n) is 3.87. The van der Waals surface area contributed by atoms with E-state index in [4.69, 9.17) is 0 Å². The van der Waals surface area contributed by atoms with Crippen LogP contribution >= 0.6 is 0 Å². The van der Waals surface area contributed by atoms with E-state index in [1.165, 1.54) is 11.1 Å². The van der Waals surface area contributed by atoms with Crippen molar-refractivity contribution in [2.45, 2.75) is 45.7 Å². The molecule has 0 unspecified atom stereocenters. The van der Waals surface area contributed by atoms with Gasteiger partial charge in [-0.15, -0.1) is 0 Å². The van der Waals surface area contributed by atoms with Crippen LogP contribution in [0.5, 0.6) is 5.75 Å². The van der Waals surface area contributed by atoms with Crippen LogP contribution in [0.1, 0.15) is 37.0 Å². The maximum Gasteiger partial charge on any atom is 0.120 e. The van der Waals surface area contributed by atoms with Crippen molar-refractivity contribution in [3.8, 4) is 5.75 Å². The van der Waals surface area contributed by atoms with Crippen LogP contribution in [0, 0.1) is 6.92 Å². The molecule has 0 saturated carbocycles. The van der Waals surface area contributed by atoms with Gasteiger partial charge in [0.15, 0.2) is 0 Å². The number of benzene rings is 2. The Morgan fingerprint density at radius 2 is 1.76 bits per heavy atom. The van der Waals surface area contributed by atoms with E-state index in [1.54, 1.807) is 6.07 Å². The molecule has 0 bridgehead atoms. The highest BCUT2D eigenvalue weighted by Gasteiger charge is 2.17. The molecule has 21 heavy (non-hydrogen) atoms. The first-order chi connectivity index (χ1) is 9.96. The minimum absolute atomic E-state index is 0.0338. The lowest BCUT2D eigenvalue weighted by molar-refractivity contribution is 0.356. The zero-order chi connectivity index (χ0) is 15.3. The van der Waals surface area contributed by atoms with Crippen molar-refractivity contribution in [3.05, 3.63) is 65.2 Å². The van der Waals surface area contributed by atoms with Gasteiger partial charge in [0.1, 0.15) is 5.75 Å². The van der Waals surface area contributed by atoms with Crippen molar-refractivity contribution in [1.82, 2.24) is 5.32 Å². The van der Waals surface area contributed by atoms with Gasteiger partial charge in [-0.25, -0.2) is 0 Å². The second-order valence-corrected chi connectivity index (χ2v) is 6.36. The highest BCUT2D eigenvalue weighted by molar-refractivity contribution is 5.35. The summed E-state index contributed by atoms with van der Waals surface area (Å²) in [7, 11) is 0. The lowest BCUT2D eigenvalue weighted by Gasteiger charge is -2.27. The standard InChI is InChI=1S/C19H25NO/c1-15-9-10-18(21)17(13-15)14-20-19(2,3)12-11-16-7-5-4-6-8-16/h4-10,13,20-21H,11-12,14H2,1-3H3. The minimum atomic E-state index is 0.0338. The van der Waals surface area contributed by atoms with E-state index in [-0.39, 0.29) is 5.54 Å². The number of aryl methyl sites for hydroxylation is 2. The molecule has 2 aromatic rings. The number of nitrogens with one attached hydrogen (secondary N) is 1. The molecule has 2 N–H and O–H groups in total. The number of rotatable bonds is 6. The van der Waals surface area contributed by atoms with Gasteiger partial charge in [0.25, 0.3) is 0 Å². The summed E-state index contributed by atoms with van der Waals surface area (Å²) in [5.74, 6) is 0.368. The topological polar surface area (TPSA) is 32.3 Å². The Morgan fingerprint density at radius 1 is 1.05 bits per heavy atom. The molecule has 0 fully saturated rings. The number of phenolic OH excluding ortho intramolecular Hbond substituents is 1. The Morgan fingerprint density at radius 3 is 2.48 bits per heavy atom. The fourth-order valence-corrected chi connectivity index (χ4v) is 2.38. The summed E-state index contributed by atoms with van der Waals surface area (Å²) in [6, 6.07) is 16.3. The highest BCUT2D eigenvalue weighted by Crippen LogP contribution is 2.20. The van der Waals surface area contributed by atoms with E-state index in [2.05, 4.69) is 43.4 Å². The number of aromatic hydroxyl groups is 1. The van der Waals surface area contributed by atoms with Crippen LogP contribution in [0.15, 0.2) is 48.5 Å². The second kappa shape index (κ2) is 6.77. The molecule has 0 heterocycles. The van der Waals surface area contributed by atoms with Gasteiger partial charge in [-0.1, -0.05) is 48.0 Å². The summed E-state index contributed by atoms with van der Waals surface area (Å²) in [5.41, 5.74) is 3.53. The molecule has 0 spiro atoms. The summed E-state index contributed by atoms with van der Waals surface area (Å²) in [4.78, 5) is 0. The molecule has 0 aromatic heterocycles. The average Bonchev–Trinajstić information content (AvgIpc) is 2.47. The Kier molecular flexibility index (Phi) is 5.03. The molecule has 0 amide bonds. The molecule has 0 atom stereocenters. The molecule has 2 aromatic carbocycles. The Balaban J connectivity index is 1.90. The van der Waals surface area contributed by atoms with Gasteiger partial charge in [0.05, 0.1) is 0 Å². The zero-order valence-corrected chi connectivity index (χ0v) is 13.2. The van der Waals surface area contributed by atoms with Crippen molar-refractivity contribution < 1.29 is 5.11 Å². The number of hydrogen-bond acceptors (Lipinski definition) is 2. The Bertz CT molecular complexity index is 575. The van der Waals surface area contributed by atoms with Gasteiger partial charge in [0.2, 0.25) is 0 Å². The maximum atomic E-state index is 9.90. The largest absolute Gasteiger partial charge is 0.508 e. The molecule has 0 aliphatic carbocycles. The number of phenols is 1. The molecular weight excluding hydrogens is 258 g/mol. The SMILES string of the molecule is Cc1ccc(O)c(CNC(C)(C)CCc2ccccc2)c1. The molecule has 0 aliphatic heterocycles. The molecule has 0 radical (unpaired) electrons. The van der Waals surface area contributed by atoms with Crippen LogP contribution < -0.4 is 5.32 Å². The Hall–Kier alpha value is -1.80. The molecule has 112 valence electrons. The monoisotopic (exact) mass is 283 g/mol. The molecule has 2 nitrogen and oxygen atoms in total. The van der Waals surface area contributed by atoms with E-state index >= 15 is 0 Å². The van der Waals surface area contributed by atoms with Crippen LogP contribution in [-0.2, 0) is 13.0 Å². The first-order valence-corrected chi connectivity index (χ1v) is 7.54. The van der Waals surface area contributed by atoms with Crippen LogP contribution in [0.2, 0.25) is 0 Å². The highest BCUT2D eigenvalue weighted by atomic mass is 16.3. The second-order valence-electron chi connectivity index (χ2n) is 6.36. The predicted molar refractivity (Wildman–Crippen MR) is 88.5 cm³/mol. The molecule has 0 aliphatic rings. The van der Waals surface area contributed by atoms with Crippen molar-refractivity contribution in [2.24, 2.45) is 0 Å². The molecule has 2 heteroatoms. The predicted octanol–water partition coefficient (Wildman–Crippen LogP) is 4.20. The van der Waals surface area contributed by atoms with E-state index in [9.17, 15) is 5.11 Å². The third kappa shape index (κ3) is 4.91. The van der Waals surface area contributed by atoms with Gasteiger partial charge in [0, 0.05) is 17.6 Å². The van der Waals surface area contributed by atoms with E-state index in [0.717, 1.165) is 18.4 Å². The fourth-order valence-electron chi connectivity index (χ4n) is 2.38. The average molecular weight is 283 g/mol. The van der Waals surface area contributed by atoms with E-state index in [1.807, 2.05) is 25.1 Å². The smallest absolute Gasteiger partial charge is 0.120 e. The zero-order valence-electron chi connectivity index (χ0n) is 13.2. The van der Waals surface area contributed by atoms with Crippen LogP contribution in [0.4, 0.5) is 0 Å². The first-order valence-electron chi connectivity index (χ1n) is 7.54. The molecule has 2 rings (SSSR count). The van der Waals surface area contributed by atoms with Crippen molar-refractivity contribution in [1.29, 1.82) is 0 Å². The minimum Gasteiger partial charge on any atom is -0.508 e. The first kappa shape index (κ1) is 15.6. The van der Waals surface area contributed by atoms with Crippen molar-refractivity contribution in [2.75, 3.05) is 0 Å². The van der Waals surface area contributed by atoms with Gasteiger partial charge < -0.3 is 10.4 Å². The third-order valence-corrected chi connectivity index (χ3v) is 3.87. The lowest BCUT2D eigenvalue weighted by Crippen LogP contribution is -2.39.